The van der Waals surface area contributed by atoms with E-state index in [9.17, 15) is 9.59 Å². The third kappa shape index (κ3) is 2.93. The summed E-state index contributed by atoms with van der Waals surface area (Å²) in [6.07, 6.45) is 6.34. The zero-order valence-electron chi connectivity index (χ0n) is 9.27. The van der Waals surface area contributed by atoms with Crippen molar-refractivity contribution in [3.8, 4) is 0 Å². The summed E-state index contributed by atoms with van der Waals surface area (Å²) in [5.74, 6) is 0.569. The number of rotatable bonds is 3. The maximum absolute atomic E-state index is 11.8. The van der Waals surface area contributed by atoms with Gasteiger partial charge in [-0.2, -0.15) is 0 Å². The summed E-state index contributed by atoms with van der Waals surface area (Å²) in [5, 5.41) is 0. The third-order valence-electron chi connectivity index (χ3n) is 3.33. The fourth-order valence-electron chi connectivity index (χ4n) is 2.14. The van der Waals surface area contributed by atoms with E-state index in [-0.39, 0.29) is 11.2 Å². The summed E-state index contributed by atoms with van der Waals surface area (Å²) in [4.78, 5) is 22.7. The van der Waals surface area contributed by atoms with Crippen molar-refractivity contribution in [3.63, 3.8) is 0 Å². The summed E-state index contributed by atoms with van der Waals surface area (Å²) >= 11 is 0. The summed E-state index contributed by atoms with van der Waals surface area (Å²) in [6.45, 7) is 3.63. The fourth-order valence-corrected chi connectivity index (χ4v) is 2.14. The molecule has 0 heterocycles. The molecule has 0 saturated heterocycles. The number of carbonyl (C=O) groups excluding carboxylic acids is 2. The van der Waals surface area contributed by atoms with E-state index in [1.165, 1.54) is 6.42 Å². The zero-order chi connectivity index (χ0) is 10.6. The maximum Gasteiger partial charge on any atom is 0.138 e. The van der Waals surface area contributed by atoms with Crippen LogP contribution in [0.4, 0.5) is 0 Å². The average molecular weight is 196 g/mol. The van der Waals surface area contributed by atoms with Crippen molar-refractivity contribution in [1.29, 1.82) is 0 Å². The predicted octanol–water partition coefficient (Wildman–Crippen LogP) is 2.90. The van der Waals surface area contributed by atoms with Gasteiger partial charge in [0.05, 0.1) is 0 Å². The molecule has 2 heteroatoms. The molecule has 1 atom stereocenters. The lowest BCUT2D eigenvalue weighted by Gasteiger charge is -2.25. The minimum atomic E-state index is -0.206. The van der Waals surface area contributed by atoms with Gasteiger partial charge in [-0.3, -0.25) is 4.79 Å². The molecular formula is C12H20O2. The van der Waals surface area contributed by atoms with Gasteiger partial charge in [0, 0.05) is 18.3 Å². The predicted molar refractivity (Wildman–Crippen MR) is 56.1 cm³/mol. The van der Waals surface area contributed by atoms with Gasteiger partial charge in [0.15, 0.2) is 0 Å². The summed E-state index contributed by atoms with van der Waals surface area (Å²) in [7, 11) is 0. The molecule has 0 amide bonds. The third-order valence-corrected chi connectivity index (χ3v) is 3.33. The van der Waals surface area contributed by atoms with Gasteiger partial charge in [0.2, 0.25) is 0 Å². The highest BCUT2D eigenvalue weighted by Gasteiger charge is 2.33. The SMILES string of the molecule is CC(=O)CC[C@]1(C)CCCCCC1=O. The van der Waals surface area contributed by atoms with Gasteiger partial charge < -0.3 is 4.79 Å². The Labute approximate surface area is 86.1 Å². The van der Waals surface area contributed by atoms with E-state index < -0.39 is 0 Å². The molecule has 0 radical (unpaired) electrons. The molecule has 0 bridgehead atoms. The molecule has 1 rings (SSSR count). The van der Waals surface area contributed by atoms with Crippen LogP contribution in [-0.4, -0.2) is 11.6 Å². The second kappa shape index (κ2) is 4.72. The van der Waals surface area contributed by atoms with Crippen LogP contribution in [0.25, 0.3) is 0 Å². The van der Waals surface area contributed by atoms with Gasteiger partial charge >= 0.3 is 0 Å². The van der Waals surface area contributed by atoms with E-state index in [4.69, 9.17) is 0 Å². The minimum Gasteiger partial charge on any atom is -0.300 e. The van der Waals surface area contributed by atoms with Crippen LogP contribution in [0.1, 0.15) is 58.8 Å². The number of ketones is 2. The zero-order valence-corrected chi connectivity index (χ0v) is 9.27. The van der Waals surface area contributed by atoms with Crippen LogP contribution in [0.15, 0.2) is 0 Å². The van der Waals surface area contributed by atoms with Crippen LogP contribution in [0, 0.1) is 5.41 Å². The van der Waals surface area contributed by atoms with E-state index in [1.807, 2.05) is 6.92 Å². The van der Waals surface area contributed by atoms with Crippen molar-refractivity contribution in [2.24, 2.45) is 5.41 Å². The molecule has 1 fully saturated rings. The van der Waals surface area contributed by atoms with Gasteiger partial charge in [0.1, 0.15) is 11.6 Å². The maximum atomic E-state index is 11.8. The Morgan fingerprint density at radius 1 is 1.36 bits per heavy atom. The summed E-state index contributed by atoms with van der Waals surface area (Å²) in [5.41, 5.74) is -0.206. The van der Waals surface area contributed by atoms with E-state index in [1.54, 1.807) is 6.92 Å². The molecule has 0 aromatic carbocycles. The van der Waals surface area contributed by atoms with E-state index >= 15 is 0 Å². The molecule has 0 aromatic rings. The normalized spacial score (nSPS) is 28.6. The highest BCUT2D eigenvalue weighted by atomic mass is 16.1. The van der Waals surface area contributed by atoms with Crippen LogP contribution in [-0.2, 0) is 9.59 Å². The Balaban J connectivity index is 2.58. The molecule has 80 valence electrons. The number of carbonyl (C=O) groups is 2. The molecule has 14 heavy (non-hydrogen) atoms. The molecule has 2 nitrogen and oxygen atoms in total. The molecule has 1 saturated carbocycles. The van der Waals surface area contributed by atoms with Crippen LogP contribution in [0.3, 0.4) is 0 Å². The first-order chi connectivity index (χ1) is 6.54. The van der Waals surface area contributed by atoms with Crippen molar-refractivity contribution < 1.29 is 9.59 Å². The highest BCUT2D eigenvalue weighted by molar-refractivity contribution is 5.85. The fraction of sp³-hybridized carbons (Fsp3) is 0.833. The Morgan fingerprint density at radius 3 is 2.71 bits per heavy atom. The Hall–Kier alpha value is -0.660. The lowest BCUT2D eigenvalue weighted by atomic mass is 9.77. The largest absolute Gasteiger partial charge is 0.300 e. The first-order valence-corrected chi connectivity index (χ1v) is 5.57. The second-order valence-corrected chi connectivity index (χ2v) is 4.75. The average Bonchev–Trinajstić information content (AvgIpc) is 2.28. The van der Waals surface area contributed by atoms with Crippen LogP contribution in [0.2, 0.25) is 0 Å². The number of hydrogen-bond donors (Lipinski definition) is 0. The minimum absolute atomic E-state index is 0.197. The first kappa shape index (κ1) is 11.4. The van der Waals surface area contributed by atoms with Crippen molar-refractivity contribution in [1.82, 2.24) is 0 Å². The molecule has 0 unspecified atom stereocenters. The van der Waals surface area contributed by atoms with Gasteiger partial charge in [-0.1, -0.05) is 19.8 Å². The molecule has 1 aliphatic carbocycles. The molecular weight excluding hydrogens is 176 g/mol. The van der Waals surface area contributed by atoms with Gasteiger partial charge in [-0.15, -0.1) is 0 Å². The molecule has 0 N–H and O–H groups in total. The Bertz CT molecular complexity index is 232. The molecule has 0 aliphatic heterocycles. The highest BCUT2D eigenvalue weighted by Crippen LogP contribution is 2.35. The van der Waals surface area contributed by atoms with Gasteiger partial charge in [-0.05, 0) is 26.2 Å². The standard InChI is InChI=1S/C12H20O2/c1-10(13)7-9-12(2)8-5-3-4-6-11(12)14/h3-9H2,1-2H3/t12-/m0/s1. The van der Waals surface area contributed by atoms with E-state index in [0.29, 0.717) is 18.6 Å². The van der Waals surface area contributed by atoms with E-state index in [2.05, 4.69) is 0 Å². The lowest BCUT2D eigenvalue weighted by Crippen LogP contribution is -2.27. The number of Topliss-reactive ketones (excluding diaryl/α,β-unsaturated/α-hetero) is 2. The van der Waals surface area contributed by atoms with Crippen LogP contribution >= 0.6 is 0 Å². The second-order valence-electron chi connectivity index (χ2n) is 4.75. The molecule has 0 spiro atoms. The monoisotopic (exact) mass is 196 g/mol. The van der Waals surface area contributed by atoms with Gasteiger partial charge in [0.25, 0.3) is 0 Å². The van der Waals surface area contributed by atoms with Crippen LogP contribution in [0.5, 0.6) is 0 Å². The van der Waals surface area contributed by atoms with Gasteiger partial charge in [-0.25, -0.2) is 0 Å². The quantitative estimate of drug-likeness (QED) is 0.650. The Kier molecular flexibility index (Phi) is 3.85. The lowest BCUT2D eigenvalue weighted by molar-refractivity contribution is -0.128. The Morgan fingerprint density at radius 2 is 2.07 bits per heavy atom. The summed E-state index contributed by atoms with van der Waals surface area (Å²) < 4.78 is 0. The summed E-state index contributed by atoms with van der Waals surface area (Å²) in [6, 6.07) is 0. The molecule has 1 aliphatic rings. The molecule has 0 aromatic heterocycles. The smallest absolute Gasteiger partial charge is 0.138 e. The van der Waals surface area contributed by atoms with Crippen molar-refractivity contribution >= 4 is 11.6 Å². The first-order valence-electron chi connectivity index (χ1n) is 5.57. The van der Waals surface area contributed by atoms with Crippen molar-refractivity contribution in [3.05, 3.63) is 0 Å². The topological polar surface area (TPSA) is 34.1 Å². The van der Waals surface area contributed by atoms with E-state index in [0.717, 1.165) is 25.7 Å². The number of hydrogen-bond acceptors (Lipinski definition) is 2. The van der Waals surface area contributed by atoms with Crippen LogP contribution < -0.4 is 0 Å². The van der Waals surface area contributed by atoms with Crippen molar-refractivity contribution in [2.75, 3.05) is 0 Å². The van der Waals surface area contributed by atoms with Crippen molar-refractivity contribution in [2.45, 2.75) is 58.8 Å².